The molecule has 0 unspecified atom stereocenters. The second kappa shape index (κ2) is 3.92. The van der Waals surface area contributed by atoms with Crippen molar-refractivity contribution in [2.45, 2.75) is 0 Å². The van der Waals surface area contributed by atoms with Gasteiger partial charge in [0.05, 0.1) is 0 Å². The van der Waals surface area contributed by atoms with Crippen LogP contribution in [0.4, 0.5) is 0 Å². The summed E-state index contributed by atoms with van der Waals surface area (Å²) in [4.78, 5) is 13.1. The second-order valence-electron chi connectivity index (χ2n) is 0.965. The Morgan fingerprint density at radius 3 is 2.25 bits per heavy atom. The lowest BCUT2D eigenvalue weighted by Gasteiger charge is -1.77. The van der Waals surface area contributed by atoms with Gasteiger partial charge in [-0.15, -0.1) is 4.91 Å². The minimum absolute atomic E-state index is 0.0556. The van der Waals surface area contributed by atoms with E-state index in [1.54, 1.807) is 0 Å². The smallest absolute Gasteiger partial charge is 0.195 e. The topological polar surface area (TPSA) is 41.8 Å². The lowest BCUT2D eigenvalue weighted by molar-refractivity contribution is 1.51. The van der Waals surface area contributed by atoms with Crippen LogP contribution in [0.1, 0.15) is 0 Å². The maximum absolute atomic E-state index is 9.63. The van der Waals surface area contributed by atoms with Gasteiger partial charge in [-0.2, -0.15) is 0 Å². The molecule has 3 nitrogen and oxygen atoms in total. The van der Waals surface area contributed by atoms with E-state index in [1.165, 1.54) is 12.3 Å². The minimum atomic E-state index is 0.0556. The molecule has 0 spiro atoms. The van der Waals surface area contributed by atoms with E-state index in [4.69, 9.17) is 0 Å². The molecule has 0 aromatic rings. The van der Waals surface area contributed by atoms with E-state index < -0.39 is 0 Å². The normalized spacial score (nSPS) is 10.2. The van der Waals surface area contributed by atoms with Crippen LogP contribution >= 0.6 is 0 Å². The van der Waals surface area contributed by atoms with Crippen LogP contribution in [0.15, 0.2) is 35.6 Å². The highest BCUT2D eigenvalue weighted by atomic mass is 16.3. The molecule has 0 radical (unpaired) electrons. The third-order valence-electron chi connectivity index (χ3n) is 0.500. The molecule has 0 fully saturated rings. The van der Waals surface area contributed by atoms with Crippen LogP contribution in [0, 0.1) is 4.91 Å². The summed E-state index contributed by atoms with van der Waals surface area (Å²) in [5, 5.41) is 2.51. The van der Waals surface area contributed by atoms with Crippen molar-refractivity contribution < 1.29 is 0 Å². The van der Waals surface area contributed by atoms with Crippen molar-refractivity contribution in [3.05, 3.63) is 30.3 Å². The highest BCUT2D eigenvalue weighted by molar-refractivity contribution is 5.93. The second-order valence-corrected chi connectivity index (χ2v) is 0.965. The lowest BCUT2D eigenvalue weighted by Crippen LogP contribution is -1.80. The van der Waals surface area contributed by atoms with Crippen molar-refractivity contribution in [2.24, 2.45) is 10.2 Å². The SMILES string of the molecule is C=CN=C(C=C)N=O. The minimum Gasteiger partial charge on any atom is -0.235 e. The van der Waals surface area contributed by atoms with Crippen molar-refractivity contribution in [1.29, 1.82) is 0 Å². The Kier molecular flexibility index (Phi) is 3.31. The van der Waals surface area contributed by atoms with Gasteiger partial charge in [0.1, 0.15) is 0 Å². The van der Waals surface area contributed by atoms with Gasteiger partial charge in [-0.3, -0.25) is 0 Å². The molecule has 0 rings (SSSR count). The highest BCUT2D eigenvalue weighted by Gasteiger charge is 1.82. The quantitative estimate of drug-likeness (QED) is 0.301. The van der Waals surface area contributed by atoms with Gasteiger partial charge in [0.25, 0.3) is 0 Å². The molecule has 0 aliphatic heterocycles. The lowest BCUT2D eigenvalue weighted by atomic mass is 10.6. The number of rotatable bonds is 2. The largest absolute Gasteiger partial charge is 0.235 e. The molecule has 0 aliphatic rings. The zero-order chi connectivity index (χ0) is 6.41. The van der Waals surface area contributed by atoms with Crippen molar-refractivity contribution in [3.63, 3.8) is 0 Å². The van der Waals surface area contributed by atoms with E-state index in [0.717, 1.165) is 0 Å². The maximum atomic E-state index is 9.63. The molecular weight excluding hydrogens is 104 g/mol. The summed E-state index contributed by atoms with van der Waals surface area (Å²) in [5.41, 5.74) is 0. The Labute approximate surface area is 47.4 Å². The molecule has 0 amide bonds. The first kappa shape index (κ1) is 6.75. The van der Waals surface area contributed by atoms with E-state index >= 15 is 0 Å². The average Bonchev–Trinajstić information content (AvgIpc) is 1.83. The van der Waals surface area contributed by atoms with E-state index in [-0.39, 0.29) is 5.84 Å². The maximum Gasteiger partial charge on any atom is 0.195 e. The number of hydrogen-bond donors (Lipinski definition) is 0. The number of hydrogen-bond acceptors (Lipinski definition) is 2. The summed E-state index contributed by atoms with van der Waals surface area (Å²) in [6, 6.07) is 0. The van der Waals surface area contributed by atoms with Gasteiger partial charge in [0.2, 0.25) is 0 Å². The zero-order valence-electron chi connectivity index (χ0n) is 4.37. The number of aliphatic imine (C=N–C) groups is 1. The third kappa shape index (κ3) is 2.02. The molecule has 3 heteroatoms. The molecule has 0 aromatic heterocycles. The molecule has 0 bridgehead atoms. The van der Waals surface area contributed by atoms with Crippen LogP contribution < -0.4 is 0 Å². The van der Waals surface area contributed by atoms with Gasteiger partial charge in [-0.25, -0.2) is 4.99 Å². The molecule has 0 saturated heterocycles. The molecular formula is C5H6N2O. The van der Waals surface area contributed by atoms with Crippen LogP contribution in [-0.2, 0) is 0 Å². The Morgan fingerprint density at radius 1 is 1.50 bits per heavy atom. The number of nitroso groups, excluding NO2 is 1. The number of nitrogens with zero attached hydrogens (tertiary/aromatic N) is 2. The summed E-state index contributed by atoms with van der Waals surface area (Å²) in [6.07, 6.45) is 2.49. The summed E-state index contributed by atoms with van der Waals surface area (Å²) < 4.78 is 0. The van der Waals surface area contributed by atoms with Crippen molar-refractivity contribution >= 4 is 5.84 Å². The van der Waals surface area contributed by atoms with Crippen LogP contribution in [-0.4, -0.2) is 5.84 Å². The molecule has 0 atom stereocenters. The molecule has 8 heavy (non-hydrogen) atoms. The van der Waals surface area contributed by atoms with E-state index in [1.807, 2.05) is 0 Å². The third-order valence-corrected chi connectivity index (χ3v) is 0.500. The average molecular weight is 110 g/mol. The van der Waals surface area contributed by atoms with Crippen LogP contribution in [0.2, 0.25) is 0 Å². The van der Waals surface area contributed by atoms with Crippen molar-refractivity contribution in [1.82, 2.24) is 0 Å². The predicted octanol–water partition coefficient (Wildman–Crippen LogP) is 1.48. The summed E-state index contributed by atoms with van der Waals surface area (Å²) in [5.74, 6) is 0.0556. The first-order valence-electron chi connectivity index (χ1n) is 1.99. The van der Waals surface area contributed by atoms with Gasteiger partial charge in [0.15, 0.2) is 5.84 Å². The van der Waals surface area contributed by atoms with Crippen LogP contribution in [0.25, 0.3) is 0 Å². The summed E-state index contributed by atoms with van der Waals surface area (Å²) in [6.45, 7) is 6.54. The first-order valence-corrected chi connectivity index (χ1v) is 1.99. The van der Waals surface area contributed by atoms with E-state index in [9.17, 15) is 4.91 Å². The fourth-order valence-electron chi connectivity index (χ4n) is 0.207. The van der Waals surface area contributed by atoms with Crippen molar-refractivity contribution in [3.8, 4) is 0 Å². The standard InChI is InChI=1S/C5H6N2O/c1-3-5(7-8)6-4-2/h3-4H,1-2H2. The molecule has 42 valence electrons. The Bertz CT molecular complexity index is 127. The number of amidine groups is 1. The van der Waals surface area contributed by atoms with Gasteiger partial charge in [-0.1, -0.05) is 13.2 Å². The monoisotopic (exact) mass is 110 g/mol. The van der Waals surface area contributed by atoms with Crippen molar-refractivity contribution in [2.75, 3.05) is 0 Å². The molecule has 0 aromatic carbocycles. The van der Waals surface area contributed by atoms with E-state index in [2.05, 4.69) is 23.3 Å². The molecule has 0 saturated carbocycles. The zero-order valence-corrected chi connectivity index (χ0v) is 4.37. The summed E-state index contributed by atoms with van der Waals surface area (Å²) >= 11 is 0. The highest BCUT2D eigenvalue weighted by Crippen LogP contribution is 1.80. The Balaban J connectivity index is 4.05. The fraction of sp³-hybridized carbons (Fsp3) is 0. The molecule has 0 N–H and O–H groups in total. The van der Waals surface area contributed by atoms with Gasteiger partial charge in [-0.05, 0) is 11.3 Å². The van der Waals surface area contributed by atoms with Gasteiger partial charge in [0, 0.05) is 6.20 Å². The Morgan fingerprint density at radius 2 is 2.12 bits per heavy atom. The Hall–Kier alpha value is -1.25. The first-order chi connectivity index (χ1) is 3.85. The van der Waals surface area contributed by atoms with Gasteiger partial charge >= 0.3 is 0 Å². The van der Waals surface area contributed by atoms with Gasteiger partial charge < -0.3 is 0 Å². The summed E-state index contributed by atoms with van der Waals surface area (Å²) in [7, 11) is 0. The molecule has 0 aliphatic carbocycles. The fourth-order valence-corrected chi connectivity index (χ4v) is 0.207. The van der Waals surface area contributed by atoms with E-state index in [0.29, 0.717) is 0 Å². The molecule has 0 heterocycles. The predicted molar refractivity (Wildman–Crippen MR) is 33.6 cm³/mol. The van der Waals surface area contributed by atoms with Crippen LogP contribution in [0.3, 0.4) is 0 Å². The van der Waals surface area contributed by atoms with Crippen LogP contribution in [0.5, 0.6) is 0 Å².